The van der Waals surface area contributed by atoms with Crippen LogP contribution >= 0.6 is 0 Å². The van der Waals surface area contributed by atoms with Gasteiger partial charge in [0.05, 0.1) is 4.90 Å². The van der Waals surface area contributed by atoms with Gasteiger partial charge < -0.3 is 15.1 Å². The Bertz CT molecular complexity index is 810. The fourth-order valence-corrected chi connectivity index (χ4v) is 5.19. The van der Waals surface area contributed by atoms with Crippen molar-refractivity contribution in [3.8, 4) is 0 Å². The minimum Gasteiger partial charge on any atom is -0.331 e. The maximum absolute atomic E-state index is 12.8. The van der Waals surface area contributed by atoms with Crippen LogP contribution in [0.2, 0.25) is 0 Å². The van der Waals surface area contributed by atoms with E-state index in [9.17, 15) is 18.0 Å². The molecule has 1 saturated heterocycles. The minimum absolute atomic E-state index is 0.0363. The van der Waals surface area contributed by atoms with Crippen molar-refractivity contribution in [3.05, 3.63) is 24.3 Å². The van der Waals surface area contributed by atoms with Crippen molar-refractivity contribution >= 4 is 27.6 Å². The summed E-state index contributed by atoms with van der Waals surface area (Å²) in [6, 6.07) is 6.31. The van der Waals surface area contributed by atoms with Crippen LogP contribution in [-0.4, -0.2) is 74.7 Å². The third kappa shape index (κ3) is 5.95. The molecular formula is C21H34N4O4S. The maximum atomic E-state index is 12.8. The lowest BCUT2D eigenvalue weighted by molar-refractivity contribution is -0.121. The van der Waals surface area contributed by atoms with Crippen LogP contribution in [0, 0.1) is 5.92 Å². The summed E-state index contributed by atoms with van der Waals surface area (Å²) in [4.78, 5) is 28.1. The van der Waals surface area contributed by atoms with Crippen LogP contribution in [0.15, 0.2) is 29.2 Å². The number of hydrogen-bond acceptors (Lipinski definition) is 4. The molecule has 0 bridgehead atoms. The molecule has 168 valence electrons. The number of nitrogens with zero attached hydrogens (tertiary/aromatic N) is 3. The molecule has 1 N–H and O–H groups in total. The predicted octanol–water partition coefficient (Wildman–Crippen LogP) is 2.83. The van der Waals surface area contributed by atoms with Crippen LogP contribution in [0.5, 0.6) is 0 Å². The second-order valence-electron chi connectivity index (χ2n) is 7.86. The number of sulfonamides is 1. The molecule has 1 heterocycles. The van der Waals surface area contributed by atoms with Gasteiger partial charge in [0, 0.05) is 51.9 Å². The van der Waals surface area contributed by atoms with Gasteiger partial charge in [-0.15, -0.1) is 0 Å². The van der Waals surface area contributed by atoms with Crippen LogP contribution in [-0.2, 0) is 14.8 Å². The summed E-state index contributed by atoms with van der Waals surface area (Å²) in [6.45, 7) is 6.00. The fourth-order valence-electron chi connectivity index (χ4n) is 3.57. The highest BCUT2D eigenvalue weighted by Crippen LogP contribution is 2.22. The quantitative estimate of drug-likeness (QED) is 0.676. The topological polar surface area (TPSA) is 90.0 Å². The zero-order chi connectivity index (χ0) is 22.3. The molecule has 1 aromatic carbocycles. The first-order chi connectivity index (χ1) is 14.2. The van der Waals surface area contributed by atoms with Crippen LogP contribution in [0.4, 0.5) is 10.5 Å². The highest BCUT2D eigenvalue weighted by atomic mass is 32.2. The third-order valence-electron chi connectivity index (χ3n) is 5.22. The standard InChI is InChI=1S/C21H34N4O4S/c1-5-13-25(14-6-2)30(28,29)19-9-7-18(8-10-19)22-20(26)17-11-15-24(16-12-17)21(27)23(3)4/h7-10,17H,5-6,11-16H2,1-4H3,(H,22,26). The Labute approximate surface area is 180 Å². The number of urea groups is 1. The number of benzene rings is 1. The molecule has 0 spiro atoms. The van der Waals surface area contributed by atoms with Gasteiger partial charge in [-0.05, 0) is 49.9 Å². The lowest BCUT2D eigenvalue weighted by atomic mass is 9.96. The molecule has 1 aromatic rings. The Balaban J connectivity index is 1.97. The molecule has 0 saturated carbocycles. The smallest absolute Gasteiger partial charge is 0.319 e. The summed E-state index contributed by atoms with van der Waals surface area (Å²) in [6.07, 6.45) is 2.74. The molecule has 8 nitrogen and oxygen atoms in total. The van der Waals surface area contributed by atoms with Gasteiger partial charge in [0.2, 0.25) is 15.9 Å². The number of nitrogens with one attached hydrogen (secondary N) is 1. The van der Waals surface area contributed by atoms with E-state index in [4.69, 9.17) is 0 Å². The van der Waals surface area contributed by atoms with Gasteiger partial charge in [-0.2, -0.15) is 4.31 Å². The van der Waals surface area contributed by atoms with Crippen molar-refractivity contribution in [2.24, 2.45) is 5.92 Å². The molecule has 0 aromatic heterocycles. The van der Waals surface area contributed by atoms with Gasteiger partial charge in [0.1, 0.15) is 0 Å². The van der Waals surface area contributed by atoms with E-state index in [0.717, 1.165) is 12.8 Å². The van der Waals surface area contributed by atoms with Gasteiger partial charge in [-0.25, -0.2) is 13.2 Å². The van der Waals surface area contributed by atoms with E-state index in [2.05, 4.69) is 5.32 Å². The SMILES string of the molecule is CCCN(CCC)S(=O)(=O)c1ccc(NC(=O)C2CCN(C(=O)N(C)C)CC2)cc1. The number of anilines is 1. The van der Waals surface area contributed by atoms with Crippen molar-refractivity contribution in [3.63, 3.8) is 0 Å². The summed E-state index contributed by atoms with van der Waals surface area (Å²) in [5, 5.41) is 2.88. The Kier molecular flexibility index (Phi) is 8.66. The summed E-state index contributed by atoms with van der Waals surface area (Å²) < 4.78 is 27.2. The van der Waals surface area contributed by atoms with Gasteiger partial charge >= 0.3 is 6.03 Å². The number of piperidine rings is 1. The monoisotopic (exact) mass is 438 g/mol. The van der Waals surface area contributed by atoms with E-state index < -0.39 is 10.0 Å². The molecule has 0 radical (unpaired) electrons. The van der Waals surface area contributed by atoms with E-state index in [-0.39, 0.29) is 22.8 Å². The van der Waals surface area contributed by atoms with Gasteiger partial charge in [-0.1, -0.05) is 13.8 Å². The lowest BCUT2D eigenvalue weighted by Gasteiger charge is -2.33. The molecule has 0 unspecified atom stereocenters. The fraction of sp³-hybridized carbons (Fsp3) is 0.619. The maximum Gasteiger partial charge on any atom is 0.319 e. The average molecular weight is 439 g/mol. The molecule has 1 aliphatic heterocycles. The zero-order valence-electron chi connectivity index (χ0n) is 18.4. The van der Waals surface area contributed by atoms with Gasteiger partial charge in [0.15, 0.2) is 0 Å². The van der Waals surface area contributed by atoms with Crippen molar-refractivity contribution in [1.82, 2.24) is 14.1 Å². The predicted molar refractivity (Wildman–Crippen MR) is 118 cm³/mol. The number of likely N-dealkylation sites (tertiary alicyclic amines) is 1. The molecular weight excluding hydrogens is 404 g/mol. The van der Waals surface area contributed by atoms with Crippen molar-refractivity contribution in [1.29, 1.82) is 0 Å². The zero-order valence-corrected chi connectivity index (χ0v) is 19.2. The minimum atomic E-state index is -3.53. The Morgan fingerprint density at radius 3 is 2.03 bits per heavy atom. The van der Waals surface area contributed by atoms with Gasteiger partial charge in [-0.3, -0.25) is 4.79 Å². The van der Waals surface area contributed by atoms with E-state index in [1.165, 1.54) is 9.21 Å². The van der Waals surface area contributed by atoms with E-state index >= 15 is 0 Å². The summed E-state index contributed by atoms with van der Waals surface area (Å²) >= 11 is 0. The number of carbonyl (C=O) groups excluding carboxylic acids is 2. The molecule has 3 amide bonds. The Morgan fingerprint density at radius 2 is 1.57 bits per heavy atom. The van der Waals surface area contributed by atoms with Crippen LogP contribution in [0.3, 0.4) is 0 Å². The first-order valence-corrected chi connectivity index (χ1v) is 12.0. The largest absolute Gasteiger partial charge is 0.331 e. The second kappa shape index (κ2) is 10.8. The number of carbonyl (C=O) groups is 2. The molecule has 1 fully saturated rings. The number of rotatable bonds is 8. The molecule has 9 heteroatoms. The van der Waals surface area contributed by atoms with E-state index in [1.54, 1.807) is 43.3 Å². The molecule has 1 aliphatic rings. The summed E-state index contributed by atoms with van der Waals surface area (Å²) in [5.74, 6) is -0.259. The second-order valence-corrected chi connectivity index (χ2v) is 9.79. The number of amides is 3. The molecule has 0 atom stereocenters. The lowest BCUT2D eigenvalue weighted by Crippen LogP contribution is -2.45. The summed E-state index contributed by atoms with van der Waals surface area (Å²) in [5.41, 5.74) is 0.572. The molecule has 0 aliphatic carbocycles. The van der Waals surface area contributed by atoms with E-state index in [0.29, 0.717) is 44.7 Å². The highest BCUT2D eigenvalue weighted by Gasteiger charge is 2.28. The number of hydrogen-bond donors (Lipinski definition) is 1. The van der Waals surface area contributed by atoms with Crippen LogP contribution in [0.25, 0.3) is 0 Å². The van der Waals surface area contributed by atoms with Crippen molar-refractivity contribution in [2.75, 3.05) is 45.6 Å². The molecule has 2 rings (SSSR count). The van der Waals surface area contributed by atoms with Crippen LogP contribution < -0.4 is 5.32 Å². The highest BCUT2D eigenvalue weighted by molar-refractivity contribution is 7.89. The third-order valence-corrected chi connectivity index (χ3v) is 7.14. The Morgan fingerprint density at radius 1 is 1.03 bits per heavy atom. The van der Waals surface area contributed by atoms with E-state index in [1.807, 2.05) is 13.8 Å². The first kappa shape index (κ1) is 24.1. The van der Waals surface area contributed by atoms with Crippen molar-refractivity contribution in [2.45, 2.75) is 44.4 Å². The van der Waals surface area contributed by atoms with Crippen molar-refractivity contribution < 1.29 is 18.0 Å². The van der Waals surface area contributed by atoms with Gasteiger partial charge in [0.25, 0.3) is 0 Å². The Hall–Kier alpha value is -2.13. The van der Waals surface area contributed by atoms with Crippen LogP contribution in [0.1, 0.15) is 39.5 Å². The molecule has 30 heavy (non-hydrogen) atoms. The average Bonchev–Trinajstić information content (AvgIpc) is 2.73. The first-order valence-electron chi connectivity index (χ1n) is 10.6. The summed E-state index contributed by atoms with van der Waals surface area (Å²) in [7, 11) is -0.0993. The normalized spacial score (nSPS) is 15.3.